The van der Waals surface area contributed by atoms with E-state index >= 15 is 0 Å². The molecule has 1 saturated heterocycles. The molecule has 1 aliphatic rings. The van der Waals surface area contributed by atoms with Gasteiger partial charge in [-0.2, -0.15) is 10.3 Å². The van der Waals surface area contributed by atoms with Gasteiger partial charge in [0, 0.05) is 12.3 Å². The number of nitrogens with zero attached hydrogens (tertiary/aromatic N) is 1. The van der Waals surface area contributed by atoms with Crippen LogP contribution in [0.5, 0.6) is 0 Å². The fraction of sp³-hybridized carbons (Fsp3) is 1.00. The van der Waals surface area contributed by atoms with Crippen molar-refractivity contribution in [1.29, 1.82) is 0 Å². The SMILES string of the molecule is C1CCCCSN[N]CCC1. The number of rotatable bonds is 0. The quantitative estimate of drug-likeness (QED) is 0.568. The molecule has 1 rings (SSSR count). The summed E-state index contributed by atoms with van der Waals surface area (Å²) in [6.45, 7) is 0.993. The Kier molecular flexibility index (Phi) is 5.91. The van der Waals surface area contributed by atoms with Crippen LogP contribution in [-0.4, -0.2) is 12.3 Å². The zero-order valence-corrected chi connectivity index (χ0v) is 7.83. The molecule has 1 fully saturated rings. The second kappa shape index (κ2) is 6.95. The standard InChI is InChI=1S/C8H17N2S/c1-2-4-6-8-11-10-9-7-5-3-1/h10H,1-8H2. The van der Waals surface area contributed by atoms with Crippen molar-refractivity contribution in [2.45, 2.75) is 38.5 Å². The molecule has 0 unspecified atom stereocenters. The van der Waals surface area contributed by atoms with Crippen LogP contribution in [0, 0.1) is 0 Å². The Morgan fingerprint density at radius 3 is 2.55 bits per heavy atom. The smallest absolute Gasteiger partial charge is 0.0313 e. The zero-order valence-electron chi connectivity index (χ0n) is 7.01. The van der Waals surface area contributed by atoms with Gasteiger partial charge in [-0.15, -0.1) is 0 Å². The first kappa shape index (κ1) is 9.36. The molecule has 3 heteroatoms. The maximum atomic E-state index is 4.19. The molecule has 1 aliphatic heterocycles. The summed E-state index contributed by atoms with van der Waals surface area (Å²) < 4.78 is 0. The van der Waals surface area contributed by atoms with Gasteiger partial charge in [-0.05, 0) is 12.8 Å². The van der Waals surface area contributed by atoms with Crippen LogP contribution in [0.15, 0.2) is 0 Å². The zero-order chi connectivity index (χ0) is 7.78. The van der Waals surface area contributed by atoms with Crippen LogP contribution in [0.25, 0.3) is 0 Å². The number of hydrogen-bond donors (Lipinski definition) is 1. The molecule has 11 heavy (non-hydrogen) atoms. The van der Waals surface area contributed by atoms with E-state index in [0.717, 1.165) is 6.54 Å². The van der Waals surface area contributed by atoms with E-state index < -0.39 is 0 Å². The largest absolute Gasteiger partial charge is 0.183 e. The van der Waals surface area contributed by atoms with Crippen molar-refractivity contribution in [3.8, 4) is 0 Å². The lowest BCUT2D eigenvalue weighted by atomic mass is 10.1. The summed E-state index contributed by atoms with van der Waals surface area (Å²) >= 11 is 1.74. The molecule has 0 aromatic heterocycles. The minimum absolute atomic E-state index is 0.993. The molecule has 2 nitrogen and oxygen atoms in total. The highest BCUT2D eigenvalue weighted by Gasteiger charge is 1.95. The predicted molar refractivity (Wildman–Crippen MR) is 50.3 cm³/mol. The molecule has 1 radical (unpaired) electrons. The van der Waals surface area contributed by atoms with Crippen molar-refractivity contribution >= 4 is 11.9 Å². The highest BCUT2D eigenvalue weighted by atomic mass is 32.2. The Balaban J connectivity index is 2.02. The van der Waals surface area contributed by atoms with Gasteiger partial charge in [-0.3, -0.25) is 0 Å². The second-order valence-corrected chi connectivity index (χ2v) is 3.82. The summed E-state index contributed by atoms with van der Waals surface area (Å²) in [7, 11) is 0. The van der Waals surface area contributed by atoms with Gasteiger partial charge >= 0.3 is 0 Å². The third-order valence-electron chi connectivity index (χ3n) is 1.90. The third-order valence-corrected chi connectivity index (χ3v) is 2.65. The number of nitrogens with one attached hydrogen (secondary N) is 1. The lowest BCUT2D eigenvalue weighted by molar-refractivity contribution is 0.570. The van der Waals surface area contributed by atoms with Gasteiger partial charge in [0.05, 0.1) is 0 Å². The van der Waals surface area contributed by atoms with E-state index in [-0.39, 0.29) is 0 Å². The lowest BCUT2D eigenvalue weighted by Crippen LogP contribution is -2.18. The van der Waals surface area contributed by atoms with Crippen molar-refractivity contribution < 1.29 is 0 Å². The normalized spacial score (nSPS) is 24.0. The van der Waals surface area contributed by atoms with Crippen molar-refractivity contribution in [3.63, 3.8) is 0 Å². The van der Waals surface area contributed by atoms with Gasteiger partial charge in [0.2, 0.25) is 0 Å². The van der Waals surface area contributed by atoms with Crippen molar-refractivity contribution in [1.82, 2.24) is 10.3 Å². The van der Waals surface area contributed by atoms with Gasteiger partial charge in [0.1, 0.15) is 0 Å². The van der Waals surface area contributed by atoms with E-state index in [0.29, 0.717) is 0 Å². The Hall–Kier alpha value is 0.270. The molecular weight excluding hydrogens is 156 g/mol. The summed E-state index contributed by atoms with van der Waals surface area (Å²) in [5.41, 5.74) is 4.19. The Morgan fingerprint density at radius 2 is 1.64 bits per heavy atom. The minimum Gasteiger partial charge on any atom is -0.183 e. The van der Waals surface area contributed by atoms with Crippen LogP contribution in [0.3, 0.4) is 0 Å². The molecule has 0 bridgehead atoms. The number of hydrogen-bond acceptors (Lipinski definition) is 2. The van der Waals surface area contributed by atoms with Crippen molar-refractivity contribution in [2.24, 2.45) is 0 Å². The molecule has 0 spiro atoms. The van der Waals surface area contributed by atoms with E-state index in [9.17, 15) is 0 Å². The first-order valence-corrected chi connectivity index (χ1v) is 5.52. The van der Waals surface area contributed by atoms with E-state index in [4.69, 9.17) is 0 Å². The molecule has 1 heterocycles. The molecular formula is C8H17N2S. The van der Waals surface area contributed by atoms with Gasteiger partial charge < -0.3 is 0 Å². The third kappa shape index (κ3) is 5.53. The average molecular weight is 173 g/mol. The van der Waals surface area contributed by atoms with E-state index in [1.54, 1.807) is 11.9 Å². The van der Waals surface area contributed by atoms with E-state index in [1.165, 1.54) is 44.3 Å². The molecule has 0 aliphatic carbocycles. The van der Waals surface area contributed by atoms with Crippen LogP contribution >= 0.6 is 11.9 Å². The Labute approximate surface area is 73.6 Å². The molecule has 65 valence electrons. The van der Waals surface area contributed by atoms with Crippen LogP contribution in [-0.2, 0) is 0 Å². The highest BCUT2D eigenvalue weighted by molar-refractivity contribution is 7.97. The van der Waals surface area contributed by atoms with Gasteiger partial charge in [-0.1, -0.05) is 37.6 Å². The van der Waals surface area contributed by atoms with E-state index in [1.807, 2.05) is 0 Å². The van der Waals surface area contributed by atoms with Crippen molar-refractivity contribution in [3.05, 3.63) is 0 Å². The molecule has 0 saturated carbocycles. The Bertz CT molecular complexity index is 50.1. The maximum absolute atomic E-state index is 4.19. The maximum Gasteiger partial charge on any atom is 0.0313 e. The second-order valence-electron chi connectivity index (χ2n) is 2.94. The van der Waals surface area contributed by atoms with E-state index in [2.05, 4.69) is 10.3 Å². The van der Waals surface area contributed by atoms with Gasteiger partial charge in [0.15, 0.2) is 0 Å². The van der Waals surface area contributed by atoms with Crippen LogP contribution in [0.1, 0.15) is 38.5 Å². The highest BCUT2D eigenvalue weighted by Crippen LogP contribution is 2.08. The summed E-state index contributed by atoms with van der Waals surface area (Å²) in [4.78, 5) is 3.02. The first-order valence-electron chi connectivity index (χ1n) is 4.53. The molecule has 0 amide bonds. The first-order chi connectivity index (χ1) is 5.50. The topological polar surface area (TPSA) is 26.1 Å². The molecule has 0 aromatic carbocycles. The van der Waals surface area contributed by atoms with Crippen LogP contribution in [0.4, 0.5) is 0 Å². The summed E-state index contributed by atoms with van der Waals surface area (Å²) in [6, 6.07) is 0. The fourth-order valence-electron chi connectivity index (χ4n) is 1.21. The molecule has 1 N–H and O–H groups in total. The van der Waals surface area contributed by atoms with Crippen LogP contribution < -0.4 is 10.3 Å². The summed E-state index contributed by atoms with van der Waals surface area (Å²) in [6.07, 6.45) is 8.17. The van der Waals surface area contributed by atoms with Gasteiger partial charge in [-0.25, -0.2) is 0 Å². The summed E-state index contributed by atoms with van der Waals surface area (Å²) in [5, 5.41) is 0. The minimum atomic E-state index is 0.993. The average Bonchev–Trinajstić information content (AvgIpc) is 2.08. The Morgan fingerprint density at radius 1 is 0.909 bits per heavy atom. The predicted octanol–water partition coefficient (Wildman–Crippen LogP) is 2.10. The fourth-order valence-corrected chi connectivity index (χ4v) is 1.83. The van der Waals surface area contributed by atoms with Gasteiger partial charge in [0.25, 0.3) is 0 Å². The van der Waals surface area contributed by atoms with Crippen molar-refractivity contribution in [2.75, 3.05) is 12.3 Å². The molecule has 0 aromatic rings. The van der Waals surface area contributed by atoms with Crippen LogP contribution in [0.2, 0.25) is 0 Å². The lowest BCUT2D eigenvalue weighted by Gasteiger charge is -2.00. The monoisotopic (exact) mass is 173 g/mol. The summed E-state index contributed by atoms with van der Waals surface area (Å²) in [5.74, 6) is 1.21. The molecule has 0 atom stereocenters.